The Bertz CT molecular complexity index is 1700. The highest BCUT2D eigenvalue weighted by Gasteiger charge is 2.41. The fraction of sp³-hybridized carbons (Fsp3) is 0.156. The monoisotopic (exact) mass is 610 g/mol. The lowest BCUT2D eigenvalue weighted by Gasteiger charge is -2.26. The first-order chi connectivity index (χ1) is 19.5. The van der Waals surface area contributed by atoms with Crippen molar-refractivity contribution in [1.82, 2.24) is 15.2 Å². The fourth-order valence-electron chi connectivity index (χ4n) is 5.20. The minimum atomic E-state index is -0.272. The predicted molar refractivity (Wildman–Crippen MR) is 166 cm³/mol. The van der Waals surface area contributed by atoms with Gasteiger partial charge in [-0.15, -0.1) is 0 Å². The van der Waals surface area contributed by atoms with E-state index in [9.17, 15) is 4.79 Å². The molecule has 3 aromatic carbocycles. The van der Waals surface area contributed by atoms with Gasteiger partial charge in [-0.1, -0.05) is 64.5 Å². The Labute approximate surface area is 246 Å². The number of rotatable bonds is 7. The molecule has 0 saturated carbocycles. The van der Waals surface area contributed by atoms with E-state index in [0.717, 1.165) is 49.3 Å². The van der Waals surface area contributed by atoms with Crippen LogP contribution >= 0.6 is 28.1 Å². The second-order valence-electron chi connectivity index (χ2n) is 9.83. The molecule has 0 spiro atoms. The summed E-state index contributed by atoms with van der Waals surface area (Å²) in [6.07, 6.45) is 2.03. The van der Waals surface area contributed by atoms with E-state index >= 15 is 0 Å². The number of nitrogens with zero attached hydrogens (tertiary/aromatic N) is 2. The predicted octanol–water partition coefficient (Wildman–Crippen LogP) is 7.57. The van der Waals surface area contributed by atoms with Crippen LogP contribution < -0.4 is 10.6 Å². The highest BCUT2D eigenvalue weighted by molar-refractivity contribution is 9.10. The van der Waals surface area contributed by atoms with Gasteiger partial charge in [-0.2, -0.15) is 0 Å². The van der Waals surface area contributed by atoms with E-state index < -0.39 is 0 Å². The smallest absolute Gasteiger partial charge is 0.226 e. The number of furan rings is 1. The van der Waals surface area contributed by atoms with Crippen molar-refractivity contribution >= 4 is 55.6 Å². The number of fused-ring (bicyclic) bond motifs is 1. The zero-order valence-corrected chi connectivity index (χ0v) is 24.2. The molecule has 200 valence electrons. The van der Waals surface area contributed by atoms with E-state index in [1.54, 1.807) is 6.20 Å². The van der Waals surface area contributed by atoms with Crippen LogP contribution in [-0.4, -0.2) is 27.4 Å². The molecule has 6 rings (SSSR count). The Morgan fingerprint density at radius 3 is 2.70 bits per heavy atom. The number of hydrogen-bond donors (Lipinski definition) is 2. The molecular formula is C32H27BrN4O2S. The number of carbonyl (C=O) groups excluding carboxylic acids is 1. The minimum absolute atomic E-state index is 0.0806. The number of hydrogen-bond acceptors (Lipinski definition) is 4. The molecule has 1 amide bonds. The van der Waals surface area contributed by atoms with Crippen molar-refractivity contribution in [1.29, 1.82) is 0 Å². The van der Waals surface area contributed by atoms with Crippen LogP contribution in [-0.2, 0) is 4.79 Å². The van der Waals surface area contributed by atoms with E-state index in [4.69, 9.17) is 16.6 Å². The average molecular weight is 612 g/mol. The Balaban J connectivity index is 1.26. The first-order valence-electron chi connectivity index (χ1n) is 13.1. The third kappa shape index (κ3) is 5.24. The van der Waals surface area contributed by atoms with Gasteiger partial charge >= 0.3 is 0 Å². The summed E-state index contributed by atoms with van der Waals surface area (Å²) in [5.74, 6) is 1.43. The molecule has 0 aliphatic carbocycles. The van der Waals surface area contributed by atoms with Gasteiger partial charge in [0.2, 0.25) is 5.91 Å². The van der Waals surface area contributed by atoms with Crippen LogP contribution in [0.15, 0.2) is 106 Å². The van der Waals surface area contributed by atoms with E-state index in [-0.39, 0.29) is 24.4 Å². The Kier molecular flexibility index (Phi) is 7.36. The zero-order chi connectivity index (χ0) is 27.6. The molecule has 2 aromatic heterocycles. The Hall–Kier alpha value is -4.01. The molecule has 40 heavy (non-hydrogen) atoms. The van der Waals surface area contributed by atoms with Gasteiger partial charge in [0, 0.05) is 40.3 Å². The molecule has 5 aromatic rings. The molecule has 6 nitrogen and oxygen atoms in total. The normalized spacial score (nSPS) is 16.8. The standard InChI is InChI=1S/C32H27BrN4O2S/c1-20-12-13-23(24(33)19-20)27-14-15-28(39-27)31-30(26-10-4-5-17-34-26)36-32(40)37(31)18-16-29(38)35-25-11-6-8-21-7-2-3-9-22(21)25/h2-15,17,19,30-31H,16,18H2,1H3,(H,35,38)(H,36,40)/t30-,31-/m1/s1. The first kappa shape index (κ1) is 26.2. The number of pyridine rings is 1. The number of aryl methyl sites for hydroxylation is 1. The largest absolute Gasteiger partial charge is 0.459 e. The van der Waals surface area contributed by atoms with Gasteiger partial charge in [0.1, 0.15) is 17.6 Å². The molecule has 8 heteroatoms. The second kappa shape index (κ2) is 11.2. The van der Waals surface area contributed by atoms with Gasteiger partial charge in [0.05, 0.1) is 11.7 Å². The van der Waals surface area contributed by atoms with Gasteiger partial charge in [-0.05, 0) is 72.6 Å². The molecule has 0 radical (unpaired) electrons. The van der Waals surface area contributed by atoms with Gasteiger partial charge in [0.25, 0.3) is 0 Å². The van der Waals surface area contributed by atoms with Crippen LogP contribution in [0.3, 0.4) is 0 Å². The van der Waals surface area contributed by atoms with Gasteiger partial charge in [-0.3, -0.25) is 9.78 Å². The average Bonchev–Trinajstić information content (AvgIpc) is 3.57. The molecule has 1 fully saturated rings. The second-order valence-corrected chi connectivity index (χ2v) is 11.1. The Morgan fingerprint density at radius 2 is 1.88 bits per heavy atom. The molecule has 0 unspecified atom stereocenters. The fourth-order valence-corrected chi connectivity index (χ4v) is 6.22. The summed E-state index contributed by atoms with van der Waals surface area (Å²) in [4.78, 5) is 19.8. The van der Waals surface area contributed by atoms with Crippen molar-refractivity contribution in [3.8, 4) is 11.3 Å². The molecule has 1 aliphatic rings. The summed E-state index contributed by atoms with van der Waals surface area (Å²) >= 11 is 9.45. The van der Waals surface area contributed by atoms with E-state index in [1.165, 1.54) is 0 Å². The number of aromatic nitrogens is 1. The topological polar surface area (TPSA) is 70.4 Å². The van der Waals surface area contributed by atoms with Crippen molar-refractivity contribution < 1.29 is 9.21 Å². The molecule has 3 heterocycles. The maximum absolute atomic E-state index is 13.1. The zero-order valence-electron chi connectivity index (χ0n) is 21.8. The third-order valence-corrected chi connectivity index (χ3v) is 8.16. The first-order valence-corrected chi connectivity index (χ1v) is 14.3. The third-order valence-electron chi connectivity index (χ3n) is 7.15. The summed E-state index contributed by atoms with van der Waals surface area (Å²) < 4.78 is 7.42. The van der Waals surface area contributed by atoms with Crippen LogP contribution in [0.5, 0.6) is 0 Å². The molecule has 0 bridgehead atoms. The van der Waals surface area contributed by atoms with Gasteiger partial charge < -0.3 is 20.0 Å². The van der Waals surface area contributed by atoms with Crippen molar-refractivity contribution in [2.24, 2.45) is 0 Å². The lowest BCUT2D eigenvalue weighted by atomic mass is 10.0. The summed E-state index contributed by atoms with van der Waals surface area (Å²) in [6, 6.07) is 29.4. The summed E-state index contributed by atoms with van der Waals surface area (Å²) in [5, 5.41) is 9.17. The SMILES string of the molecule is Cc1ccc(-c2ccc([C@@H]3[C@@H](c4ccccn4)NC(=S)N3CCC(=O)Nc3cccc4ccccc34)o2)c(Br)c1. The van der Waals surface area contributed by atoms with Crippen molar-refractivity contribution in [3.63, 3.8) is 0 Å². The Morgan fingerprint density at radius 1 is 1.05 bits per heavy atom. The number of halogens is 1. The number of benzene rings is 3. The molecule has 1 aliphatic heterocycles. The minimum Gasteiger partial charge on any atom is -0.459 e. The maximum Gasteiger partial charge on any atom is 0.226 e. The highest BCUT2D eigenvalue weighted by Crippen LogP contribution is 2.41. The summed E-state index contributed by atoms with van der Waals surface area (Å²) in [7, 11) is 0. The van der Waals surface area contributed by atoms with Crippen molar-refractivity contribution in [3.05, 3.63) is 119 Å². The number of thiocarbonyl (C=S) groups is 1. The van der Waals surface area contributed by atoms with Crippen LogP contribution in [0.2, 0.25) is 0 Å². The lowest BCUT2D eigenvalue weighted by Crippen LogP contribution is -2.32. The number of anilines is 1. The van der Waals surface area contributed by atoms with Gasteiger partial charge in [0.15, 0.2) is 5.11 Å². The molecular weight excluding hydrogens is 584 g/mol. The van der Waals surface area contributed by atoms with Crippen LogP contribution in [0, 0.1) is 6.92 Å². The molecule has 2 atom stereocenters. The lowest BCUT2D eigenvalue weighted by molar-refractivity contribution is -0.116. The number of nitrogens with one attached hydrogen (secondary N) is 2. The van der Waals surface area contributed by atoms with Crippen LogP contribution in [0.4, 0.5) is 5.69 Å². The number of amides is 1. The summed E-state index contributed by atoms with van der Waals surface area (Å²) in [6.45, 7) is 2.47. The van der Waals surface area contributed by atoms with Crippen molar-refractivity contribution in [2.75, 3.05) is 11.9 Å². The highest BCUT2D eigenvalue weighted by atomic mass is 79.9. The van der Waals surface area contributed by atoms with E-state index in [2.05, 4.69) is 50.6 Å². The van der Waals surface area contributed by atoms with Crippen LogP contribution in [0.1, 0.15) is 35.5 Å². The summed E-state index contributed by atoms with van der Waals surface area (Å²) in [5.41, 5.74) is 3.79. The van der Waals surface area contributed by atoms with Crippen molar-refractivity contribution in [2.45, 2.75) is 25.4 Å². The van der Waals surface area contributed by atoms with E-state index in [0.29, 0.717) is 11.7 Å². The van der Waals surface area contributed by atoms with Gasteiger partial charge in [-0.25, -0.2) is 0 Å². The molecule has 1 saturated heterocycles. The molecule has 2 N–H and O–H groups in total. The van der Waals surface area contributed by atoms with Crippen LogP contribution in [0.25, 0.3) is 22.1 Å². The number of carbonyl (C=O) groups is 1. The van der Waals surface area contributed by atoms with E-state index in [1.807, 2.05) is 83.8 Å². The maximum atomic E-state index is 13.1. The quantitative estimate of drug-likeness (QED) is 0.185.